The Bertz CT molecular complexity index is 4050. The Morgan fingerprint density at radius 3 is 1.49 bits per heavy atom. The van der Waals surface area contributed by atoms with Gasteiger partial charge in [0.15, 0.2) is 27.5 Å². The number of halogens is 4. The highest BCUT2D eigenvalue weighted by molar-refractivity contribution is 7.12. The number of carbonyl (C=O) groups excluding carboxylic acids is 7. The number of ketones is 2. The molecular formula is C65H66Cl2F2N14O9S2. The summed E-state index contributed by atoms with van der Waals surface area (Å²) in [6.45, 7) is 9.27. The van der Waals surface area contributed by atoms with Crippen LogP contribution >= 0.6 is 45.9 Å². The highest BCUT2D eigenvalue weighted by Gasteiger charge is 2.45. The van der Waals surface area contributed by atoms with E-state index in [4.69, 9.17) is 48.4 Å². The summed E-state index contributed by atoms with van der Waals surface area (Å²) in [5, 5.41) is 14.4. The maximum Gasteiger partial charge on any atom is 0.338 e. The standard InChI is InChI=1S/C33H33ClFN7O5S.C32H33ClFN7O4S/c1-18(19(2)43)37-30(44)20-4-7-22(8-5-20)42-16-23-15-40(11-12-41(23)33(42)46)17-26-27(32(45)47-3)28(24-9-6-21(35)14-25(24)34)39-29(38-26)31-36-10-13-48-31;1-18(42)25(35)13-19-3-6-21(7-4-19)41-16-22-15-39(10-11-40(22)32(41)44)17-26-27(31(43)45-2)28(23-8-5-20(34)14-24(23)33)38-29(37-26)30-36-9-12-46-30/h4-10,13-14,18,23,28H,11-12,15-17H2,1-3H3,(H,37,44)(H,38,39);3-9,12,14,22,25,28H,10-11,13,15-17,35H2,1-2H3,(H,37,38)/t18?,23-,28-;22-,25?,28-/m00/s1. The molecule has 6 atom stereocenters. The van der Waals surface area contributed by atoms with Gasteiger partial charge in [-0.3, -0.25) is 44.0 Å². The maximum absolute atomic E-state index is 14.0. The molecule has 12 rings (SSSR count). The molecule has 2 aromatic heterocycles. The van der Waals surface area contributed by atoms with Gasteiger partial charge in [0.2, 0.25) is 0 Å². The zero-order valence-corrected chi connectivity index (χ0v) is 54.8. The number of esters is 2. The van der Waals surface area contributed by atoms with Crippen molar-refractivity contribution in [3.8, 4) is 0 Å². The van der Waals surface area contributed by atoms with Crippen molar-refractivity contribution in [2.45, 2.75) is 63.4 Å². The molecule has 5 N–H and O–H groups in total. The second-order valence-corrected chi connectivity index (χ2v) is 25.8. The number of anilines is 2. The molecule has 0 aliphatic carbocycles. The predicted octanol–water partition coefficient (Wildman–Crippen LogP) is 7.33. The first-order chi connectivity index (χ1) is 45.2. The number of Topliss-reactive ketones (excluding diaryl/α,β-unsaturated/α-hetero) is 2. The van der Waals surface area contributed by atoms with E-state index in [0.717, 1.165) is 11.3 Å². The van der Waals surface area contributed by atoms with Gasteiger partial charge < -0.3 is 41.0 Å². The van der Waals surface area contributed by atoms with Gasteiger partial charge in [-0.25, -0.2) is 37.9 Å². The minimum atomic E-state index is -0.874. The minimum absolute atomic E-state index is 0.0627. The maximum atomic E-state index is 14.0. The van der Waals surface area contributed by atoms with Crippen LogP contribution in [0.5, 0.6) is 0 Å². The van der Waals surface area contributed by atoms with Crippen molar-refractivity contribution in [3.05, 3.63) is 185 Å². The molecule has 0 radical (unpaired) electrons. The number of aromatic nitrogens is 2. The Balaban J connectivity index is 0.000000192. The van der Waals surface area contributed by atoms with Gasteiger partial charge in [-0.15, -0.1) is 22.7 Å². The summed E-state index contributed by atoms with van der Waals surface area (Å²) >= 11 is 15.7. The molecular weight excluding hydrogens is 1290 g/mol. The van der Waals surface area contributed by atoms with Gasteiger partial charge in [0.25, 0.3) is 5.91 Å². The quantitative estimate of drug-likeness (QED) is 0.0614. The number of carbonyl (C=O) groups is 7. The van der Waals surface area contributed by atoms with Crippen LogP contribution in [0, 0.1) is 11.6 Å². The van der Waals surface area contributed by atoms with E-state index in [2.05, 4.69) is 35.7 Å². The summed E-state index contributed by atoms with van der Waals surface area (Å²) in [6.07, 6.45) is 3.76. The largest absolute Gasteiger partial charge is 0.466 e. The third-order valence-corrected chi connectivity index (χ3v) is 19.3. The number of ether oxygens (including phenoxy) is 2. The third kappa shape index (κ3) is 14.4. The molecule has 0 bridgehead atoms. The smallest absolute Gasteiger partial charge is 0.338 e. The molecule has 94 heavy (non-hydrogen) atoms. The number of amides is 5. The molecule has 4 fully saturated rings. The number of nitrogens with zero attached hydrogens (tertiary/aromatic N) is 10. The van der Waals surface area contributed by atoms with E-state index < -0.39 is 47.7 Å². The summed E-state index contributed by atoms with van der Waals surface area (Å²) in [4.78, 5) is 119. The van der Waals surface area contributed by atoms with Crippen LogP contribution < -0.4 is 31.5 Å². The zero-order valence-electron chi connectivity index (χ0n) is 51.7. The first-order valence-electron chi connectivity index (χ1n) is 30.1. The molecule has 5 amide bonds. The molecule has 6 aromatic rings. The van der Waals surface area contributed by atoms with Crippen LogP contribution in [0.4, 0.5) is 29.7 Å². The number of methoxy groups -OCH3 is 2. The predicted molar refractivity (Wildman–Crippen MR) is 352 cm³/mol. The number of benzene rings is 4. The molecule has 6 aliphatic rings. The van der Waals surface area contributed by atoms with Crippen molar-refractivity contribution >= 4 is 110 Å². The number of rotatable bonds is 18. The van der Waals surface area contributed by atoms with Gasteiger partial charge in [-0.2, -0.15) is 0 Å². The van der Waals surface area contributed by atoms with E-state index >= 15 is 0 Å². The topological polar surface area (TPSA) is 270 Å². The Morgan fingerprint density at radius 2 is 1.10 bits per heavy atom. The van der Waals surface area contributed by atoms with Gasteiger partial charge in [0, 0.05) is 138 Å². The Hall–Kier alpha value is -8.83. The lowest BCUT2D eigenvalue weighted by atomic mass is 9.95. The number of nitrogens with one attached hydrogen (secondary N) is 3. The summed E-state index contributed by atoms with van der Waals surface area (Å²) in [6, 6.07) is 19.0. The van der Waals surface area contributed by atoms with Crippen LogP contribution in [0.15, 0.2) is 141 Å². The first-order valence-corrected chi connectivity index (χ1v) is 32.6. The van der Waals surface area contributed by atoms with Crippen LogP contribution in [0.3, 0.4) is 0 Å². The SMILES string of the molecule is COC(=O)C1=C(CN2CCN3C(=O)N(c4ccc(C(=O)NC(C)C(C)=O)cc4)C[C@@H]3C2)NC(c2nccs2)=N[C@H]1c1ccc(F)cc1Cl.COC(=O)C1=C(CN2CCN3C(=O)N(c4ccc(CC(N)C(C)=O)cc4)C[C@@H]3C2)NC(c2nccs2)=N[C@H]1c1ccc(F)cc1Cl. The summed E-state index contributed by atoms with van der Waals surface area (Å²) in [7, 11) is 2.59. The lowest BCUT2D eigenvalue weighted by Crippen LogP contribution is -2.53. The van der Waals surface area contributed by atoms with Crippen molar-refractivity contribution in [2.24, 2.45) is 15.7 Å². The Labute approximate surface area is 557 Å². The molecule has 6 aliphatic heterocycles. The van der Waals surface area contributed by atoms with E-state index in [-0.39, 0.29) is 62.8 Å². The molecule has 8 heterocycles. The number of nitrogens with two attached hydrogens (primary N) is 1. The molecule has 2 unspecified atom stereocenters. The molecule has 4 saturated heterocycles. The third-order valence-electron chi connectivity index (χ3n) is 17.1. The van der Waals surface area contributed by atoms with Crippen molar-refractivity contribution < 1.29 is 51.8 Å². The zero-order chi connectivity index (χ0) is 66.6. The first kappa shape index (κ1) is 66.6. The highest BCUT2D eigenvalue weighted by Crippen LogP contribution is 2.40. The summed E-state index contributed by atoms with van der Waals surface area (Å²) in [5.41, 5.74) is 11.2. The van der Waals surface area contributed by atoms with E-state index in [9.17, 15) is 42.3 Å². The second kappa shape index (κ2) is 28.8. The Morgan fingerprint density at radius 1 is 0.649 bits per heavy atom. The van der Waals surface area contributed by atoms with Crippen LogP contribution in [0.25, 0.3) is 0 Å². The fourth-order valence-electron chi connectivity index (χ4n) is 12.0. The number of fused-ring (bicyclic) bond motifs is 2. The molecule has 490 valence electrons. The van der Waals surface area contributed by atoms with Gasteiger partial charge in [0.05, 0.1) is 49.5 Å². The normalized spacial score (nSPS) is 20.4. The van der Waals surface area contributed by atoms with Gasteiger partial charge in [-0.05, 0) is 93.4 Å². The number of urea groups is 2. The van der Waals surface area contributed by atoms with Crippen LogP contribution in [-0.2, 0) is 35.1 Å². The van der Waals surface area contributed by atoms with Gasteiger partial charge in [0.1, 0.15) is 29.5 Å². The number of hydrogen-bond donors (Lipinski definition) is 4. The number of piperazine rings is 2. The number of amidine groups is 2. The molecule has 4 aromatic carbocycles. The van der Waals surface area contributed by atoms with Crippen molar-refractivity contribution in [2.75, 3.05) is 89.5 Å². The van der Waals surface area contributed by atoms with E-state index in [1.807, 2.05) is 44.8 Å². The monoisotopic (exact) mass is 1360 g/mol. The van der Waals surface area contributed by atoms with Crippen LogP contribution in [0.2, 0.25) is 10.0 Å². The lowest BCUT2D eigenvalue weighted by Gasteiger charge is -2.38. The van der Waals surface area contributed by atoms with E-state index in [1.165, 1.54) is 87.1 Å². The van der Waals surface area contributed by atoms with E-state index in [1.54, 1.807) is 53.4 Å². The molecule has 0 saturated carbocycles. The van der Waals surface area contributed by atoms with Crippen LogP contribution in [0.1, 0.15) is 69.9 Å². The number of aliphatic imine (C=N–C) groups is 2. The summed E-state index contributed by atoms with van der Waals surface area (Å²) < 4.78 is 38.4. The lowest BCUT2D eigenvalue weighted by molar-refractivity contribution is -0.137. The fraction of sp³-hybridized carbons (Fsp3) is 0.338. The van der Waals surface area contributed by atoms with Crippen molar-refractivity contribution in [1.82, 2.24) is 45.5 Å². The highest BCUT2D eigenvalue weighted by atomic mass is 35.5. The minimum Gasteiger partial charge on any atom is -0.466 e. The molecule has 0 spiro atoms. The fourth-order valence-corrected chi connectivity index (χ4v) is 13.7. The number of hydrogen-bond acceptors (Lipinski definition) is 20. The molecule has 23 nitrogen and oxygen atoms in total. The Kier molecular flexibility index (Phi) is 20.4. The molecule has 29 heteroatoms. The van der Waals surface area contributed by atoms with E-state index in [0.29, 0.717) is 127 Å². The number of thiazole rings is 2. The van der Waals surface area contributed by atoms with Crippen LogP contribution in [-0.4, -0.2) is 187 Å². The summed E-state index contributed by atoms with van der Waals surface area (Å²) in [5.74, 6) is -1.85. The van der Waals surface area contributed by atoms with Gasteiger partial charge >= 0.3 is 24.0 Å². The second-order valence-electron chi connectivity index (χ2n) is 23.2. The van der Waals surface area contributed by atoms with Crippen molar-refractivity contribution in [3.63, 3.8) is 0 Å². The average Bonchev–Trinajstić information content (AvgIpc) is 1.04. The van der Waals surface area contributed by atoms with Gasteiger partial charge in [-0.1, -0.05) is 47.5 Å². The van der Waals surface area contributed by atoms with Crippen molar-refractivity contribution in [1.29, 1.82) is 0 Å². The average molecular weight is 1360 g/mol.